The zero-order chi connectivity index (χ0) is 13.0. The third-order valence-electron chi connectivity index (χ3n) is 3.67. The molecular formula is C15H26N2S. The zero-order valence-electron chi connectivity index (χ0n) is 12.0. The molecule has 2 rings (SSSR count). The highest BCUT2D eigenvalue weighted by Gasteiger charge is 2.21. The summed E-state index contributed by atoms with van der Waals surface area (Å²) in [4.78, 5) is 6.36. The average molecular weight is 266 g/mol. The number of aromatic nitrogens is 1. The summed E-state index contributed by atoms with van der Waals surface area (Å²) in [7, 11) is 0. The van der Waals surface area contributed by atoms with E-state index in [1.54, 1.807) is 0 Å². The lowest BCUT2D eigenvalue weighted by molar-refractivity contribution is 0.553. The maximum absolute atomic E-state index is 4.89. The standard InChI is InChI=1S/C15H26N2S/c1-4-13-14(10-16-9-11(2)3)18-15(17-13)12-7-5-6-8-12/h11-12,16H,4-10H2,1-3H3. The summed E-state index contributed by atoms with van der Waals surface area (Å²) in [5, 5.41) is 4.96. The molecule has 2 nitrogen and oxygen atoms in total. The summed E-state index contributed by atoms with van der Waals surface area (Å²) in [6, 6.07) is 0. The molecule has 0 aromatic carbocycles. The van der Waals surface area contributed by atoms with Gasteiger partial charge in [-0.2, -0.15) is 0 Å². The van der Waals surface area contributed by atoms with Crippen LogP contribution in [-0.4, -0.2) is 11.5 Å². The Labute approximate surface area is 115 Å². The third-order valence-corrected chi connectivity index (χ3v) is 4.93. The summed E-state index contributed by atoms with van der Waals surface area (Å²) >= 11 is 1.96. The maximum atomic E-state index is 4.89. The van der Waals surface area contributed by atoms with E-state index in [9.17, 15) is 0 Å². The summed E-state index contributed by atoms with van der Waals surface area (Å²) < 4.78 is 0. The molecule has 0 radical (unpaired) electrons. The summed E-state index contributed by atoms with van der Waals surface area (Å²) in [5.74, 6) is 1.48. The van der Waals surface area contributed by atoms with Crippen molar-refractivity contribution in [2.75, 3.05) is 6.54 Å². The van der Waals surface area contributed by atoms with Crippen LogP contribution in [0.2, 0.25) is 0 Å². The molecule has 1 heterocycles. The Kier molecular flexibility index (Phi) is 5.19. The van der Waals surface area contributed by atoms with Crippen LogP contribution in [0.4, 0.5) is 0 Å². The number of aryl methyl sites for hydroxylation is 1. The largest absolute Gasteiger partial charge is 0.312 e. The molecule has 0 amide bonds. The smallest absolute Gasteiger partial charge is 0.0962 e. The fourth-order valence-electron chi connectivity index (χ4n) is 2.64. The quantitative estimate of drug-likeness (QED) is 0.838. The predicted octanol–water partition coefficient (Wildman–Crippen LogP) is 4.11. The van der Waals surface area contributed by atoms with E-state index < -0.39 is 0 Å². The molecule has 1 aromatic heterocycles. The van der Waals surface area contributed by atoms with Gasteiger partial charge in [0.25, 0.3) is 0 Å². The molecule has 0 unspecified atom stereocenters. The van der Waals surface area contributed by atoms with Crippen molar-refractivity contribution >= 4 is 11.3 Å². The third kappa shape index (κ3) is 3.55. The topological polar surface area (TPSA) is 24.9 Å². The van der Waals surface area contributed by atoms with Gasteiger partial charge in [-0.05, 0) is 31.7 Å². The minimum Gasteiger partial charge on any atom is -0.312 e. The van der Waals surface area contributed by atoms with E-state index in [0.717, 1.165) is 31.3 Å². The number of nitrogens with one attached hydrogen (secondary N) is 1. The Morgan fingerprint density at radius 2 is 2.06 bits per heavy atom. The van der Waals surface area contributed by atoms with Gasteiger partial charge in [0.1, 0.15) is 0 Å². The highest BCUT2D eigenvalue weighted by Crippen LogP contribution is 2.37. The van der Waals surface area contributed by atoms with Gasteiger partial charge in [0.2, 0.25) is 0 Å². The van der Waals surface area contributed by atoms with Gasteiger partial charge in [-0.1, -0.05) is 33.6 Å². The number of nitrogens with zero attached hydrogens (tertiary/aromatic N) is 1. The summed E-state index contributed by atoms with van der Waals surface area (Å²) in [6.07, 6.45) is 6.58. The van der Waals surface area contributed by atoms with Crippen LogP contribution in [0.1, 0.15) is 68.0 Å². The van der Waals surface area contributed by atoms with Gasteiger partial charge in [0.05, 0.1) is 10.7 Å². The lowest BCUT2D eigenvalue weighted by Crippen LogP contribution is -2.18. The van der Waals surface area contributed by atoms with Crippen molar-refractivity contribution in [1.82, 2.24) is 10.3 Å². The van der Waals surface area contributed by atoms with Crippen molar-refractivity contribution in [3.63, 3.8) is 0 Å². The van der Waals surface area contributed by atoms with Crippen molar-refractivity contribution in [1.29, 1.82) is 0 Å². The first-order chi connectivity index (χ1) is 8.70. The fourth-order valence-corrected chi connectivity index (χ4v) is 3.93. The zero-order valence-corrected chi connectivity index (χ0v) is 12.8. The molecule has 18 heavy (non-hydrogen) atoms. The highest BCUT2D eigenvalue weighted by atomic mass is 32.1. The van der Waals surface area contributed by atoms with Crippen molar-refractivity contribution in [3.8, 4) is 0 Å². The van der Waals surface area contributed by atoms with E-state index in [2.05, 4.69) is 26.1 Å². The Balaban J connectivity index is 1.99. The molecule has 0 aliphatic heterocycles. The molecule has 1 saturated carbocycles. The van der Waals surface area contributed by atoms with Gasteiger partial charge < -0.3 is 5.32 Å². The van der Waals surface area contributed by atoms with Gasteiger partial charge in [-0.15, -0.1) is 11.3 Å². The number of rotatable bonds is 6. The molecule has 1 N–H and O–H groups in total. The minimum absolute atomic E-state index is 0.720. The lowest BCUT2D eigenvalue weighted by Gasteiger charge is -2.06. The van der Waals surface area contributed by atoms with Crippen molar-refractivity contribution in [2.24, 2.45) is 5.92 Å². The normalized spacial score (nSPS) is 16.9. The monoisotopic (exact) mass is 266 g/mol. The van der Waals surface area contributed by atoms with Crippen LogP contribution in [0.25, 0.3) is 0 Å². The Bertz CT molecular complexity index is 365. The molecular weight excluding hydrogens is 240 g/mol. The van der Waals surface area contributed by atoms with Gasteiger partial charge in [-0.3, -0.25) is 0 Å². The second-order valence-electron chi connectivity index (χ2n) is 5.78. The van der Waals surface area contributed by atoms with Crippen LogP contribution in [0, 0.1) is 5.92 Å². The Hall–Kier alpha value is -0.410. The Morgan fingerprint density at radius 3 is 2.67 bits per heavy atom. The van der Waals surface area contributed by atoms with Crippen LogP contribution < -0.4 is 5.32 Å². The van der Waals surface area contributed by atoms with Crippen LogP contribution in [-0.2, 0) is 13.0 Å². The van der Waals surface area contributed by atoms with Crippen LogP contribution in [0.5, 0.6) is 0 Å². The fraction of sp³-hybridized carbons (Fsp3) is 0.800. The first-order valence-corrected chi connectivity index (χ1v) is 8.21. The van der Waals surface area contributed by atoms with Crippen LogP contribution in [0.15, 0.2) is 0 Å². The molecule has 0 bridgehead atoms. The first-order valence-electron chi connectivity index (χ1n) is 7.39. The molecule has 0 spiro atoms. The van der Waals surface area contributed by atoms with Gasteiger partial charge in [0.15, 0.2) is 0 Å². The van der Waals surface area contributed by atoms with Gasteiger partial charge in [0, 0.05) is 17.3 Å². The molecule has 1 aliphatic carbocycles. The van der Waals surface area contributed by atoms with Gasteiger partial charge in [-0.25, -0.2) is 4.98 Å². The first kappa shape index (κ1) is 14.0. The maximum Gasteiger partial charge on any atom is 0.0962 e. The number of hydrogen-bond donors (Lipinski definition) is 1. The van der Waals surface area contributed by atoms with E-state index in [0.29, 0.717) is 0 Å². The SMILES string of the molecule is CCc1nc(C2CCCC2)sc1CNCC(C)C. The second-order valence-corrected chi connectivity index (χ2v) is 6.90. The van der Waals surface area contributed by atoms with Crippen LogP contribution >= 0.6 is 11.3 Å². The van der Waals surface area contributed by atoms with Gasteiger partial charge >= 0.3 is 0 Å². The second kappa shape index (κ2) is 6.67. The lowest BCUT2D eigenvalue weighted by atomic mass is 10.1. The molecule has 0 atom stereocenters. The van der Waals surface area contributed by atoms with E-state index in [-0.39, 0.29) is 0 Å². The molecule has 0 saturated heterocycles. The molecule has 102 valence electrons. The highest BCUT2D eigenvalue weighted by molar-refractivity contribution is 7.11. The van der Waals surface area contributed by atoms with Crippen molar-refractivity contribution < 1.29 is 0 Å². The van der Waals surface area contributed by atoms with E-state index in [1.807, 2.05) is 11.3 Å². The molecule has 1 aromatic rings. The Morgan fingerprint density at radius 1 is 1.33 bits per heavy atom. The van der Waals surface area contributed by atoms with Crippen molar-refractivity contribution in [3.05, 3.63) is 15.6 Å². The molecule has 1 fully saturated rings. The summed E-state index contributed by atoms with van der Waals surface area (Å²) in [6.45, 7) is 8.83. The number of thiazole rings is 1. The predicted molar refractivity (Wildman–Crippen MR) is 79.2 cm³/mol. The average Bonchev–Trinajstić information content (AvgIpc) is 2.96. The van der Waals surface area contributed by atoms with E-state index >= 15 is 0 Å². The van der Waals surface area contributed by atoms with Crippen molar-refractivity contribution in [2.45, 2.75) is 65.3 Å². The number of hydrogen-bond acceptors (Lipinski definition) is 3. The molecule has 1 aliphatic rings. The minimum atomic E-state index is 0.720. The molecule has 3 heteroatoms. The van der Waals surface area contributed by atoms with E-state index in [4.69, 9.17) is 4.98 Å². The van der Waals surface area contributed by atoms with E-state index in [1.165, 1.54) is 41.3 Å². The summed E-state index contributed by atoms with van der Waals surface area (Å²) in [5.41, 5.74) is 1.33. The van der Waals surface area contributed by atoms with Crippen LogP contribution in [0.3, 0.4) is 0 Å².